The number of amides is 1. The zero-order valence-electron chi connectivity index (χ0n) is 15.4. The number of rotatable bonds is 7. The molecule has 0 saturated carbocycles. The second-order valence-electron chi connectivity index (χ2n) is 5.97. The highest BCUT2D eigenvalue weighted by Crippen LogP contribution is 2.20. The van der Waals surface area contributed by atoms with Crippen molar-refractivity contribution in [1.82, 2.24) is 10.3 Å². The summed E-state index contributed by atoms with van der Waals surface area (Å²) < 4.78 is 46.2. The lowest BCUT2D eigenvalue weighted by Gasteiger charge is -2.11. The van der Waals surface area contributed by atoms with Crippen LogP contribution in [0.25, 0.3) is 0 Å². The highest BCUT2D eigenvalue weighted by Gasteiger charge is 2.18. The minimum Gasteiger partial charge on any atom is -0.481 e. The molecule has 0 aliphatic rings. The van der Waals surface area contributed by atoms with E-state index in [1.54, 1.807) is 18.3 Å². The first-order valence-electron chi connectivity index (χ1n) is 8.54. The normalized spacial score (nSPS) is 11.0. The largest absolute Gasteiger partial charge is 0.481 e. The van der Waals surface area contributed by atoms with Gasteiger partial charge in [-0.2, -0.15) is 0 Å². The van der Waals surface area contributed by atoms with E-state index >= 15 is 0 Å². The van der Waals surface area contributed by atoms with E-state index in [1.807, 2.05) is 0 Å². The number of methoxy groups -OCH3 is 1. The molecule has 150 valence electrons. The number of benzene rings is 2. The van der Waals surface area contributed by atoms with Crippen molar-refractivity contribution >= 4 is 21.6 Å². The predicted molar refractivity (Wildman–Crippen MR) is 106 cm³/mol. The maximum atomic E-state index is 13.8. The molecule has 2 aromatic carbocycles. The van der Waals surface area contributed by atoms with Gasteiger partial charge in [-0.25, -0.2) is 17.8 Å². The number of carbonyl (C=O) groups excluding carboxylic acids is 1. The molecular formula is C20H18FN3O4S. The standard InChI is InChI=1S/C20H18FN3O4S/c1-28-20-15(7-5-11-22-20)13-23-19(25)14-6-4-8-16(12-14)29(26,27)24-18-10-3-2-9-17(18)21/h2-12,24H,13H2,1H3,(H,23,25). The Kier molecular flexibility index (Phi) is 6.08. The first kappa shape index (κ1) is 20.3. The molecular weight excluding hydrogens is 397 g/mol. The van der Waals surface area contributed by atoms with E-state index in [-0.39, 0.29) is 22.7 Å². The number of ether oxygens (including phenoxy) is 1. The number of aromatic nitrogens is 1. The van der Waals surface area contributed by atoms with Gasteiger partial charge in [-0.3, -0.25) is 9.52 Å². The molecule has 7 nitrogen and oxygen atoms in total. The number of sulfonamides is 1. The van der Waals surface area contributed by atoms with Crippen LogP contribution in [0.4, 0.5) is 10.1 Å². The number of nitrogens with zero attached hydrogens (tertiary/aromatic N) is 1. The molecule has 1 heterocycles. The van der Waals surface area contributed by atoms with Gasteiger partial charge in [0.05, 0.1) is 17.7 Å². The highest BCUT2D eigenvalue weighted by atomic mass is 32.2. The Morgan fingerprint density at radius 2 is 1.90 bits per heavy atom. The summed E-state index contributed by atoms with van der Waals surface area (Å²) in [5.74, 6) is -0.785. The minimum absolute atomic E-state index is 0.143. The van der Waals surface area contributed by atoms with Gasteiger partial charge in [0.2, 0.25) is 5.88 Å². The van der Waals surface area contributed by atoms with Gasteiger partial charge < -0.3 is 10.1 Å². The third kappa shape index (κ3) is 4.88. The predicted octanol–water partition coefficient (Wildman–Crippen LogP) is 2.96. The van der Waals surface area contributed by atoms with Crippen molar-refractivity contribution < 1.29 is 22.3 Å². The van der Waals surface area contributed by atoms with Crippen LogP contribution in [-0.4, -0.2) is 26.4 Å². The maximum Gasteiger partial charge on any atom is 0.262 e. The van der Waals surface area contributed by atoms with Gasteiger partial charge in [0, 0.05) is 23.9 Å². The average molecular weight is 415 g/mol. The summed E-state index contributed by atoms with van der Waals surface area (Å²) in [6.45, 7) is 0.153. The summed E-state index contributed by atoms with van der Waals surface area (Å²) in [5.41, 5.74) is 0.642. The Hall–Kier alpha value is -3.46. The quantitative estimate of drug-likeness (QED) is 0.618. The monoisotopic (exact) mass is 415 g/mol. The lowest BCUT2D eigenvalue weighted by molar-refractivity contribution is 0.0950. The molecule has 0 atom stereocenters. The van der Waals surface area contributed by atoms with Gasteiger partial charge in [-0.05, 0) is 36.4 Å². The Labute approximate surface area is 167 Å². The molecule has 2 N–H and O–H groups in total. The van der Waals surface area contributed by atoms with E-state index in [0.29, 0.717) is 11.4 Å². The highest BCUT2D eigenvalue weighted by molar-refractivity contribution is 7.92. The Balaban J connectivity index is 1.76. The van der Waals surface area contributed by atoms with Crippen LogP contribution in [-0.2, 0) is 16.6 Å². The molecule has 0 radical (unpaired) electrons. The molecule has 1 aromatic heterocycles. The summed E-state index contributed by atoms with van der Waals surface area (Å²) in [5, 5.41) is 2.69. The van der Waals surface area contributed by atoms with Crippen LogP contribution in [0.1, 0.15) is 15.9 Å². The maximum absolute atomic E-state index is 13.8. The van der Waals surface area contributed by atoms with Crippen LogP contribution < -0.4 is 14.8 Å². The van der Waals surface area contributed by atoms with E-state index in [4.69, 9.17) is 4.74 Å². The van der Waals surface area contributed by atoms with Gasteiger partial charge in [-0.15, -0.1) is 0 Å². The molecule has 0 fully saturated rings. The molecule has 0 aliphatic heterocycles. The molecule has 0 unspecified atom stereocenters. The zero-order valence-corrected chi connectivity index (χ0v) is 16.2. The molecule has 0 spiro atoms. The summed E-state index contributed by atoms with van der Waals surface area (Å²) >= 11 is 0. The van der Waals surface area contributed by atoms with Crippen LogP contribution in [0.5, 0.6) is 5.88 Å². The van der Waals surface area contributed by atoms with E-state index < -0.39 is 21.7 Å². The second kappa shape index (κ2) is 8.70. The van der Waals surface area contributed by atoms with Crippen molar-refractivity contribution in [2.75, 3.05) is 11.8 Å². The number of anilines is 1. The second-order valence-corrected chi connectivity index (χ2v) is 7.65. The van der Waals surface area contributed by atoms with Gasteiger partial charge in [0.1, 0.15) is 5.82 Å². The van der Waals surface area contributed by atoms with Gasteiger partial charge in [-0.1, -0.05) is 24.3 Å². The zero-order chi connectivity index (χ0) is 20.9. The van der Waals surface area contributed by atoms with Crippen molar-refractivity contribution in [2.45, 2.75) is 11.4 Å². The van der Waals surface area contributed by atoms with Crippen LogP contribution in [0.3, 0.4) is 0 Å². The molecule has 1 amide bonds. The van der Waals surface area contributed by atoms with Crippen LogP contribution in [0, 0.1) is 5.82 Å². The molecule has 29 heavy (non-hydrogen) atoms. The SMILES string of the molecule is COc1ncccc1CNC(=O)c1cccc(S(=O)(=O)Nc2ccccc2F)c1. The third-order valence-electron chi connectivity index (χ3n) is 4.01. The van der Waals surface area contributed by atoms with E-state index in [9.17, 15) is 17.6 Å². The number of pyridine rings is 1. The summed E-state index contributed by atoms with van der Waals surface area (Å²) in [4.78, 5) is 16.4. The minimum atomic E-state index is -4.07. The van der Waals surface area contributed by atoms with Crippen molar-refractivity contribution in [3.05, 3.63) is 83.8 Å². The summed E-state index contributed by atoms with van der Waals surface area (Å²) in [6, 6.07) is 14.4. The summed E-state index contributed by atoms with van der Waals surface area (Å²) in [7, 11) is -2.59. The fourth-order valence-electron chi connectivity index (χ4n) is 2.57. The Morgan fingerprint density at radius 1 is 1.10 bits per heavy atom. The first-order chi connectivity index (χ1) is 13.9. The Morgan fingerprint density at radius 3 is 2.66 bits per heavy atom. The van der Waals surface area contributed by atoms with Crippen molar-refractivity contribution in [2.24, 2.45) is 0 Å². The van der Waals surface area contributed by atoms with E-state index in [0.717, 1.165) is 6.07 Å². The van der Waals surface area contributed by atoms with E-state index in [2.05, 4.69) is 15.0 Å². The molecule has 0 aliphatic carbocycles. The average Bonchev–Trinajstić information content (AvgIpc) is 2.74. The molecule has 0 saturated heterocycles. The van der Waals surface area contributed by atoms with Crippen LogP contribution in [0.15, 0.2) is 71.8 Å². The van der Waals surface area contributed by atoms with Crippen molar-refractivity contribution in [1.29, 1.82) is 0 Å². The fraction of sp³-hybridized carbons (Fsp3) is 0.100. The molecule has 9 heteroatoms. The number of halogens is 1. The lowest BCUT2D eigenvalue weighted by atomic mass is 10.2. The van der Waals surface area contributed by atoms with Crippen molar-refractivity contribution in [3.8, 4) is 5.88 Å². The number of carbonyl (C=O) groups is 1. The summed E-state index contributed by atoms with van der Waals surface area (Å²) in [6.07, 6.45) is 1.57. The van der Waals surface area contributed by atoms with Crippen LogP contribution in [0.2, 0.25) is 0 Å². The third-order valence-corrected chi connectivity index (χ3v) is 5.37. The topological polar surface area (TPSA) is 97.4 Å². The molecule has 3 aromatic rings. The Bertz CT molecular complexity index is 1140. The van der Waals surface area contributed by atoms with Gasteiger partial charge in [0.15, 0.2) is 0 Å². The lowest BCUT2D eigenvalue weighted by Crippen LogP contribution is -2.23. The number of hydrogen-bond acceptors (Lipinski definition) is 5. The smallest absolute Gasteiger partial charge is 0.262 e. The number of para-hydroxylation sites is 1. The van der Waals surface area contributed by atoms with E-state index in [1.165, 1.54) is 49.6 Å². The number of hydrogen-bond donors (Lipinski definition) is 2. The first-order valence-corrected chi connectivity index (χ1v) is 10.0. The fourth-order valence-corrected chi connectivity index (χ4v) is 3.68. The van der Waals surface area contributed by atoms with Gasteiger partial charge >= 0.3 is 0 Å². The number of nitrogens with one attached hydrogen (secondary N) is 2. The van der Waals surface area contributed by atoms with Crippen LogP contribution >= 0.6 is 0 Å². The molecule has 0 bridgehead atoms. The molecule has 3 rings (SSSR count). The van der Waals surface area contributed by atoms with Gasteiger partial charge in [0.25, 0.3) is 15.9 Å². The van der Waals surface area contributed by atoms with Crippen molar-refractivity contribution in [3.63, 3.8) is 0 Å².